The van der Waals surface area contributed by atoms with Crippen molar-refractivity contribution in [1.82, 2.24) is 14.8 Å². The molecule has 0 radical (unpaired) electrons. The van der Waals surface area contributed by atoms with Crippen LogP contribution in [0, 0.1) is 29.6 Å². The van der Waals surface area contributed by atoms with Gasteiger partial charge in [0.2, 0.25) is 0 Å². The van der Waals surface area contributed by atoms with E-state index in [0.717, 1.165) is 70.7 Å². The number of hydrogen-bond donors (Lipinski definition) is 2. The van der Waals surface area contributed by atoms with Crippen LogP contribution >= 0.6 is 23.2 Å². The van der Waals surface area contributed by atoms with Crippen molar-refractivity contribution in [1.29, 1.82) is 10.7 Å². The lowest BCUT2D eigenvalue weighted by Crippen LogP contribution is -2.34. The molecule has 9 nitrogen and oxygen atoms in total. The second kappa shape index (κ2) is 17.3. The first kappa shape index (κ1) is 37.2. The monoisotopic (exact) mass is 738 g/mol. The highest BCUT2D eigenvalue weighted by atomic mass is 35.5. The van der Waals surface area contributed by atoms with Crippen LogP contribution < -0.4 is 19.9 Å². The molecule has 2 aliphatic heterocycles. The van der Waals surface area contributed by atoms with Gasteiger partial charge in [0.1, 0.15) is 36.5 Å². The number of hydrogen-bond acceptors (Lipinski definition) is 9. The van der Waals surface area contributed by atoms with Gasteiger partial charge in [0.25, 0.3) is 0 Å². The molecule has 6 rings (SSSR count). The third-order valence-electron chi connectivity index (χ3n) is 9.78. The second-order valence-electron chi connectivity index (χ2n) is 13.6. The van der Waals surface area contributed by atoms with Crippen LogP contribution in [-0.4, -0.2) is 60.8 Å². The fraction of sp³-hybridized carbons (Fsp3) is 0.341. The van der Waals surface area contributed by atoms with Gasteiger partial charge in [-0.1, -0.05) is 53.5 Å². The highest BCUT2D eigenvalue weighted by molar-refractivity contribution is 6.35. The number of halogens is 2. The molecule has 1 saturated heterocycles. The summed E-state index contributed by atoms with van der Waals surface area (Å²) in [6.07, 6.45) is 7.56. The van der Waals surface area contributed by atoms with Gasteiger partial charge < -0.3 is 30.3 Å². The van der Waals surface area contributed by atoms with E-state index in [1.807, 2.05) is 42.5 Å². The van der Waals surface area contributed by atoms with Gasteiger partial charge >= 0.3 is 0 Å². The third kappa shape index (κ3) is 9.06. The molecule has 0 saturated carbocycles. The molecular weight excluding hydrogens is 695 g/mol. The van der Waals surface area contributed by atoms with Crippen LogP contribution in [0.1, 0.15) is 47.1 Å². The van der Waals surface area contributed by atoms with E-state index in [-0.39, 0.29) is 13.2 Å². The molecule has 3 N–H and O–H groups in total. The molecule has 52 heavy (non-hydrogen) atoms. The number of nitrogens with one attached hydrogen (secondary N) is 1. The highest BCUT2D eigenvalue weighted by Crippen LogP contribution is 2.39. The predicted octanol–water partition coefficient (Wildman–Crippen LogP) is 8.18. The number of nitriles is 1. The summed E-state index contributed by atoms with van der Waals surface area (Å²) in [4.78, 5) is 8.74. The lowest BCUT2D eigenvalue weighted by Gasteiger charge is -2.29. The first-order chi connectivity index (χ1) is 25.2. The van der Waals surface area contributed by atoms with E-state index < -0.39 is 0 Å². The summed E-state index contributed by atoms with van der Waals surface area (Å²) in [5.41, 5.74) is 13.8. The van der Waals surface area contributed by atoms with E-state index in [1.54, 1.807) is 12.3 Å². The van der Waals surface area contributed by atoms with Crippen molar-refractivity contribution in [2.75, 3.05) is 39.8 Å². The number of piperidine rings is 1. The van der Waals surface area contributed by atoms with Crippen LogP contribution in [0.15, 0.2) is 78.3 Å². The van der Waals surface area contributed by atoms with Crippen LogP contribution in [0.3, 0.4) is 0 Å². The van der Waals surface area contributed by atoms with Crippen LogP contribution in [0.2, 0.25) is 10.0 Å². The molecule has 3 aromatic carbocycles. The summed E-state index contributed by atoms with van der Waals surface area (Å²) in [5.74, 6) is 2.27. The summed E-state index contributed by atoms with van der Waals surface area (Å²) in [6.45, 7) is 7.21. The van der Waals surface area contributed by atoms with Gasteiger partial charge in [-0.15, -0.1) is 0 Å². The largest absolute Gasteiger partial charge is 0.492 e. The number of aromatic nitrogens is 1. The molecule has 1 fully saturated rings. The molecule has 11 heteroatoms. The van der Waals surface area contributed by atoms with Crippen molar-refractivity contribution in [2.45, 2.75) is 45.9 Å². The van der Waals surface area contributed by atoms with Crippen molar-refractivity contribution < 1.29 is 14.2 Å². The number of benzene rings is 3. The van der Waals surface area contributed by atoms with Gasteiger partial charge in [-0.05, 0) is 68.2 Å². The average molecular weight is 740 g/mol. The van der Waals surface area contributed by atoms with E-state index in [0.29, 0.717) is 64.9 Å². The maximum atomic E-state index is 9.35. The van der Waals surface area contributed by atoms with Crippen molar-refractivity contribution in [2.24, 2.45) is 11.7 Å². The van der Waals surface area contributed by atoms with Crippen LogP contribution in [-0.2, 0) is 19.8 Å². The van der Waals surface area contributed by atoms with Gasteiger partial charge in [-0.3, -0.25) is 9.88 Å². The molecule has 0 aliphatic carbocycles. The highest BCUT2D eigenvalue weighted by Gasteiger charge is 2.22. The minimum Gasteiger partial charge on any atom is -0.492 e. The van der Waals surface area contributed by atoms with Crippen LogP contribution in [0.4, 0.5) is 0 Å². The minimum absolute atomic E-state index is 0.206. The molecule has 0 amide bonds. The molecule has 1 unspecified atom stereocenters. The van der Waals surface area contributed by atoms with E-state index >= 15 is 0 Å². The third-order valence-corrected chi connectivity index (χ3v) is 10.5. The molecule has 0 spiro atoms. The number of nitrogens with two attached hydrogens (primary N) is 1. The Kier molecular flexibility index (Phi) is 12.4. The topological polar surface area (TPSA) is 121 Å². The Morgan fingerprint density at radius 3 is 2.60 bits per heavy atom. The van der Waals surface area contributed by atoms with Crippen LogP contribution in [0.25, 0.3) is 11.1 Å². The van der Waals surface area contributed by atoms with Crippen LogP contribution in [0.5, 0.6) is 17.2 Å². The van der Waals surface area contributed by atoms with Crippen molar-refractivity contribution in [3.63, 3.8) is 0 Å². The summed E-state index contributed by atoms with van der Waals surface area (Å²) < 4.78 is 19.0. The molecule has 270 valence electrons. The van der Waals surface area contributed by atoms with Gasteiger partial charge in [0.15, 0.2) is 0 Å². The number of rotatable bonds is 13. The molecule has 1 atom stereocenters. The van der Waals surface area contributed by atoms with Gasteiger partial charge in [-0.25, -0.2) is 0 Å². The number of pyridine rings is 1. The zero-order valence-electron chi connectivity index (χ0n) is 29.6. The zero-order valence-corrected chi connectivity index (χ0v) is 31.1. The van der Waals surface area contributed by atoms with Crippen molar-refractivity contribution in [3.05, 3.63) is 116 Å². The SMILES string of the molecule is Cc1c(COc2cc(OCc3cncc(C#N)c3)c(CN3CCC(N)=C(C=N)C3)cc2Cl)cccc1-c1cccc(OCC2CCCN(C)C2)c1Cl. The Morgan fingerprint density at radius 2 is 1.79 bits per heavy atom. The molecule has 2 aliphatic rings. The summed E-state index contributed by atoms with van der Waals surface area (Å²) in [6, 6.07) is 19.7. The Bertz CT molecular complexity index is 1990. The maximum absolute atomic E-state index is 9.35. The normalized spacial score (nSPS) is 16.7. The fourth-order valence-corrected chi connectivity index (χ4v) is 7.37. The number of likely N-dealkylation sites (tertiary alicyclic amines) is 1. The second-order valence-corrected chi connectivity index (χ2v) is 14.4. The lowest BCUT2D eigenvalue weighted by atomic mass is 9.96. The molecule has 3 heterocycles. The molecule has 0 bridgehead atoms. The van der Waals surface area contributed by atoms with Gasteiger partial charge in [-0.2, -0.15) is 5.26 Å². The van der Waals surface area contributed by atoms with Gasteiger partial charge in [0, 0.05) is 91.2 Å². The summed E-state index contributed by atoms with van der Waals surface area (Å²) in [7, 11) is 2.16. The Hall–Kier alpha value is -4.59. The van der Waals surface area contributed by atoms with E-state index in [2.05, 4.69) is 40.9 Å². The first-order valence-electron chi connectivity index (χ1n) is 17.5. The Balaban J connectivity index is 1.21. The minimum atomic E-state index is 0.206. The van der Waals surface area contributed by atoms with E-state index in [1.165, 1.54) is 18.8 Å². The van der Waals surface area contributed by atoms with E-state index in [4.69, 9.17) is 48.6 Å². The number of ether oxygens (including phenoxy) is 3. The molecule has 4 aromatic rings. The Morgan fingerprint density at radius 1 is 0.981 bits per heavy atom. The lowest BCUT2D eigenvalue weighted by molar-refractivity contribution is 0.150. The van der Waals surface area contributed by atoms with Crippen molar-refractivity contribution >= 4 is 29.4 Å². The number of nitrogens with zero attached hydrogens (tertiary/aromatic N) is 4. The molecule has 1 aromatic heterocycles. The quantitative estimate of drug-likeness (QED) is 0.132. The standard InChI is InChI=1S/C41H44Cl2N6O3/c1-27-31(7-3-8-34(27)35-9-4-10-38(41(35)43)50-24-28-6-5-12-48(2)21-28)26-52-40-16-39(51-25-30-14-29(17-44)19-47-20-30)32(15-36(40)42)22-49-13-11-37(46)33(18-45)23-49/h3-4,7-10,14-16,18-20,28,45H,5-6,11-13,21-26,46H2,1-2H3. The fourth-order valence-electron chi connectivity index (χ4n) is 6.84. The average Bonchev–Trinajstić information content (AvgIpc) is 3.15. The smallest absolute Gasteiger partial charge is 0.142 e. The Labute approximate surface area is 316 Å². The summed E-state index contributed by atoms with van der Waals surface area (Å²) >= 11 is 13.9. The summed E-state index contributed by atoms with van der Waals surface area (Å²) in [5, 5.41) is 18.2. The van der Waals surface area contributed by atoms with E-state index in [9.17, 15) is 5.26 Å². The first-order valence-corrected chi connectivity index (χ1v) is 18.3. The predicted molar refractivity (Wildman–Crippen MR) is 206 cm³/mol. The van der Waals surface area contributed by atoms with Crippen molar-refractivity contribution in [3.8, 4) is 34.4 Å². The maximum Gasteiger partial charge on any atom is 0.142 e. The molecular formula is C41H44Cl2N6O3. The van der Waals surface area contributed by atoms with Gasteiger partial charge in [0.05, 0.1) is 22.2 Å². The zero-order chi connectivity index (χ0) is 36.6.